The normalized spacial score (nSPS) is 10.3. The first kappa shape index (κ1) is 15.9. The summed E-state index contributed by atoms with van der Waals surface area (Å²) < 4.78 is 5.63. The van der Waals surface area contributed by atoms with Crippen molar-refractivity contribution in [1.29, 1.82) is 0 Å². The number of nitrogens with one attached hydrogen (secondary N) is 1. The Morgan fingerprint density at radius 2 is 2.00 bits per heavy atom. The van der Waals surface area contributed by atoms with E-state index in [-0.39, 0.29) is 5.91 Å². The highest BCUT2D eigenvalue weighted by molar-refractivity contribution is 6.05. The van der Waals surface area contributed by atoms with Gasteiger partial charge >= 0.3 is 0 Å². The summed E-state index contributed by atoms with van der Waals surface area (Å²) in [6.07, 6.45) is 2.08. The maximum absolute atomic E-state index is 12.4. The molecule has 2 aromatic rings. The fourth-order valence-electron chi connectivity index (χ4n) is 2.04. The highest BCUT2D eigenvalue weighted by Gasteiger charge is 2.09. The quantitative estimate of drug-likeness (QED) is 0.625. The first-order chi connectivity index (χ1) is 10.6. The molecule has 0 bridgehead atoms. The Hall–Kier alpha value is -2.49. The van der Waals surface area contributed by atoms with Gasteiger partial charge in [0.05, 0.1) is 6.61 Å². The summed E-state index contributed by atoms with van der Waals surface area (Å²) in [5.74, 6) is 0.542. The van der Waals surface area contributed by atoms with Crippen molar-refractivity contribution in [2.24, 2.45) is 0 Å². The minimum absolute atomic E-state index is 0.172. The minimum atomic E-state index is -0.172. The molecule has 1 amide bonds. The van der Waals surface area contributed by atoms with Crippen LogP contribution >= 0.6 is 0 Å². The highest BCUT2D eigenvalue weighted by atomic mass is 16.5. The Balaban J connectivity index is 2.09. The van der Waals surface area contributed by atoms with E-state index >= 15 is 0 Å². The predicted molar refractivity (Wildman–Crippen MR) is 90.4 cm³/mol. The molecule has 22 heavy (non-hydrogen) atoms. The number of nitrogens with two attached hydrogens (primary N) is 1. The summed E-state index contributed by atoms with van der Waals surface area (Å²) in [4.78, 5) is 12.4. The molecule has 4 heteroatoms. The second kappa shape index (κ2) is 7.50. The zero-order chi connectivity index (χ0) is 15.9. The van der Waals surface area contributed by atoms with Gasteiger partial charge in [0, 0.05) is 16.9 Å². The zero-order valence-corrected chi connectivity index (χ0v) is 13.1. The third-order valence-electron chi connectivity index (χ3n) is 3.49. The van der Waals surface area contributed by atoms with Gasteiger partial charge in [0.2, 0.25) is 0 Å². The van der Waals surface area contributed by atoms with Crippen LogP contribution in [-0.4, -0.2) is 12.5 Å². The number of carbonyl (C=O) groups is 1. The molecule has 0 unspecified atom stereocenters. The average Bonchev–Trinajstić information content (AvgIpc) is 2.52. The van der Waals surface area contributed by atoms with Crippen molar-refractivity contribution in [1.82, 2.24) is 0 Å². The summed E-state index contributed by atoms with van der Waals surface area (Å²) in [6, 6.07) is 12.7. The van der Waals surface area contributed by atoms with Crippen molar-refractivity contribution < 1.29 is 9.53 Å². The van der Waals surface area contributed by atoms with Crippen molar-refractivity contribution >= 4 is 17.3 Å². The fraction of sp³-hybridized carbons (Fsp3) is 0.278. The van der Waals surface area contributed by atoms with E-state index in [4.69, 9.17) is 10.5 Å². The minimum Gasteiger partial charge on any atom is -0.494 e. The monoisotopic (exact) mass is 298 g/mol. The number of nitrogen functional groups attached to an aromatic ring is 1. The van der Waals surface area contributed by atoms with Gasteiger partial charge in [-0.15, -0.1) is 0 Å². The lowest BCUT2D eigenvalue weighted by Gasteiger charge is -2.11. The van der Waals surface area contributed by atoms with Crippen molar-refractivity contribution in [3.63, 3.8) is 0 Å². The van der Waals surface area contributed by atoms with Crippen LogP contribution in [0.3, 0.4) is 0 Å². The first-order valence-corrected chi connectivity index (χ1v) is 7.51. The number of amides is 1. The van der Waals surface area contributed by atoms with Gasteiger partial charge in [-0.05, 0) is 49.2 Å². The second-order valence-corrected chi connectivity index (χ2v) is 5.20. The summed E-state index contributed by atoms with van der Waals surface area (Å²) in [7, 11) is 0. The molecule has 0 aromatic heterocycles. The first-order valence-electron chi connectivity index (χ1n) is 7.51. The van der Waals surface area contributed by atoms with E-state index in [1.54, 1.807) is 12.1 Å². The van der Waals surface area contributed by atoms with Gasteiger partial charge in [0.25, 0.3) is 5.91 Å². The number of benzene rings is 2. The molecule has 0 atom stereocenters. The van der Waals surface area contributed by atoms with Gasteiger partial charge < -0.3 is 15.8 Å². The lowest BCUT2D eigenvalue weighted by molar-refractivity contribution is 0.102. The van der Waals surface area contributed by atoms with E-state index in [2.05, 4.69) is 12.2 Å². The molecule has 0 aliphatic rings. The molecule has 0 saturated carbocycles. The maximum atomic E-state index is 12.4. The fourth-order valence-corrected chi connectivity index (χ4v) is 2.04. The molecular formula is C18H22N2O2. The van der Waals surface area contributed by atoms with Gasteiger partial charge in [-0.3, -0.25) is 4.79 Å². The Labute approximate surface area is 131 Å². The standard InChI is InChI=1S/C18H22N2O2/c1-3-4-11-22-15-8-5-7-14(12-15)18(21)20-17-10-6-9-16(19)13(17)2/h5-10,12H,3-4,11,19H2,1-2H3,(H,20,21). The highest BCUT2D eigenvalue weighted by Crippen LogP contribution is 2.22. The van der Waals surface area contributed by atoms with Crippen molar-refractivity contribution in [3.8, 4) is 5.75 Å². The van der Waals surface area contributed by atoms with Crippen molar-refractivity contribution in [2.75, 3.05) is 17.7 Å². The maximum Gasteiger partial charge on any atom is 0.255 e. The smallest absolute Gasteiger partial charge is 0.255 e. The van der Waals surface area contributed by atoms with Crippen LogP contribution in [0, 0.1) is 6.92 Å². The second-order valence-electron chi connectivity index (χ2n) is 5.20. The number of ether oxygens (including phenoxy) is 1. The number of carbonyl (C=O) groups excluding carboxylic acids is 1. The van der Waals surface area contributed by atoms with Gasteiger partial charge in [-0.2, -0.15) is 0 Å². The third-order valence-corrected chi connectivity index (χ3v) is 3.49. The predicted octanol–water partition coefficient (Wildman–Crippen LogP) is 4.01. The van der Waals surface area contributed by atoms with E-state index < -0.39 is 0 Å². The number of hydrogen-bond acceptors (Lipinski definition) is 3. The Morgan fingerprint density at radius 1 is 1.23 bits per heavy atom. The summed E-state index contributed by atoms with van der Waals surface area (Å²) in [6.45, 7) is 4.66. The summed E-state index contributed by atoms with van der Waals surface area (Å²) >= 11 is 0. The molecule has 116 valence electrons. The molecule has 0 spiro atoms. The molecule has 2 aromatic carbocycles. The van der Waals surface area contributed by atoms with Crippen LogP contribution in [-0.2, 0) is 0 Å². The van der Waals surface area contributed by atoms with Crippen LogP contribution in [0.4, 0.5) is 11.4 Å². The molecule has 0 aliphatic heterocycles. The molecule has 0 fully saturated rings. The van der Waals surface area contributed by atoms with Crippen molar-refractivity contribution in [2.45, 2.75) is 26.7 Å². The molecule has 0 radical (unpaired) electrons. The van der Waals surface area contributed by atoms with Crippen LogP contribution in [0.2, 0.25) is 0 Å². The molecule has 0 saturated heterocycles. The third kappa shape index (κ3) is 4.01. The van der Waals surface area contributed by atoms with Gasteiger partial charge in [0.1, 0.15) is 5.75 Å². The Kier molecular flexibility index (Phi) is 5.42. The van der Waals surface area contributed by atoms with Crippen LogP contribution in [0.1, 0.15) is 35.7 Å². The molecule has 3 N–H and O–H groups in total. The van der Waals surface area contributed by atoms with Gasteiger partial charge in [-0.25, -0.2) is 0 Å². The summed E-state index contributed by atoms with van der Waals surface area (Å²) in [5, 5.41) is 2.89. The number of hydrogen-bond donors (Lipinski definition) is 2. The molecular weight excluding hydrogens is 276 g/mol. The van der Waals surface area contributed by atoms with Crippen LogP contribution in [0.25, 0.3) is 0 Å². The SMILES string of the molecule is CCCCOc1cccc(C(=O)Nc2cccc(N)c2C)c1. The average molecular weight is 298 g/mol. The molecule has 2 rings (SSSR count). The van der Waals surface area contributed by atoms with Crippen molar-refractivity contribution in [3.05, 3.63) is 53.6 Å². The van der Waals surface area contributed by atoms with E-state index in [1.165, 1.54) is 0 Å². The summed E-state index contributed by atoms with van der Waals surface area (Å²) in [5.41, 5.74) is 8.67. The van der Waals surface area contributed by atoms with Crippen LogP contribution < -0.4 is 15.8 Å². The largest absolute Gasteiger partial charge is 0.494 e. The lowest BCUT2D eigenvalue weighted by atomic mass is 10.1. The van der Waals surface area contributed by atoms with Crippen LogP contribution in [0.5, 0.6) is 5.75 Å². The van der Waals surface area contributed by atoms with Gasteiger partial charge in [0.15, 0.2) is 0 Å². The van der Waals surface area contributed by atoms with Gasteiger partial charge in [-0.1, -0.05) is 25.5 Å². The number of anilines is 2. The molecule has 4 nitrogen and oxygen atoms in total. The van der Waals surface area contributed by atoms with E-state index in [1.807, 2.05) is 37.3 Å². The topological polar surface area (TPSA) is 64.3 Å². The zero-order valence-electron chi connectivity index (χ0n) is 13.1. The van der Waals surface area contributed by atoms with Crippen LogP contribution in [0.15, 0.2) is 42.5 Å². The number of rotatable bonds is 6. The van der Waals surface area contributed by atoms with E-state index in [0.717, 1.165) is 24.1 Å². The Bertz CT molecular complexity index is 653. The van der Waals surface area contributed by atoms with E-state index in [0.29, 0.717) is 23.6 Å². The Morgan fingerprint density at radius 3 is 2.77 bits per heavy atom. The number of unbranched alkanes of at least 4 members (excludes halogenated alkanes) is 1. The van der Waals surface area contributed by atoms with E-state index in [9.17, 15) is 4.79 Å². The molecule has 0 heterocycles. The molecule has 0 aliphatic carbocycles. The lowest BCUT2D eigenvalue weighted by Crippen LogP contribution is -2.13.